The van der Waals surface area contributed by atoms with Gasteiger partial charge in [-0.25, -0.2) is 14.7 Å². The van der Waals surface area contributed by atoms with Crippen LogP contribution in [0, 0.1) is 0 Å². The second-order valence-electron chi connectivity index (χ2n) is 3.22. The van der Waals surface area contributed by atoms with E-state index >= 15 is 0 Å². The molecule has 0 aromatic rings. The molecule has 0 aromatic carbocycles. The first-order valence-corrected chi connectivity index (χ1v) is 5.02. The van der Waals surface area contributed by atoms with Gasteiger partial charge in [-0.2, -0.15) is 0 Å². The normalized spacial score (nSPS) is 20.9. The smallest absolute Gasteiger partial charge is 0.435 e. The molecule has 0 bridgehead atoms. The summed E-state index contributed by atoms with van der Waals surface area (Å²) in [6.07, 6.45) is -0.884. The monoisotopic (exact) mass is 232 g/mol. The molecule has 0 radical (unpaired) electrons. The van der Waals surface area contributed by atoms with E-state index in [1.807, 2.05) is 0 Å². The molecule has 1 aliphatic rings. The van der Waals surface area contributed by atoms with Crippen LogP contribution in [-0.2, 0) is 14.3 Å². The second-order valence-corrected chi connectivity index (χ2v) is 3.22. The summed E-state index contributed by atoms with van der Waals surface area (Å²) in [5.74, 6) is 0. The van der Waals surface area contributed by atoms with Crippen molar-refractivity contribution in [1.82, 2.24) is 9.96 Å². The molecule has 0 spiro atoms. The Hall–Kier alpha value is -1.50. The van der Waals surface area contributed by atoms with Gasteiger partial charge in [-0.05, 0) is 6.92 Å². The van der Waals surface area contributed by atoms with Crippen LogP contribution >= 0.6 is 0 Å². The predicted molar refractivity (Wildman–Crippen MR) is 53.4 cm³/mol. The van der Waals surface area contributed by atoms with Crippen LogP contribution in [0.15, 0.2) is 0 Å². The van der Waals surface area contributed by atoms with Gasteiger partial charge in [-0.15, -0.1) is 0 Å². The van der Waals surface area contributed by atoms with E-state index in [4.69, 9.17) is 9.57 Å². The van der Waals surface area contributed by atoms with Crippen molar-refractivity contribution in [1.29, 1.82) is 0 Å². The zero-order valence-corrected chi connectivity index (χ0v) is 9.63. The first-order valence-electron chi connectivity index (χ1n) is 5.02. The van der Waals surface area contributed by atoms with E-state index in [0.717, 1.165) is 0 Å². The lowest BCUT2D eigenvalue weighted by Gasteiger charge is -2.36. The molecule has 7 heteroatoms. The minimum absolute atomic E-state index is 0.243. The average molecular weight is 232 g/mol. The van der Waals surface area contributed by atoms with Gasteiger partial charge in [0.15, 0.2) is 6.23 Å². The molecule has 1 rings (SSSR count). The first kappa shape index (κ1) is 12.6. The van der Waals surface area contributed by atoms with E-state index < -0.39 is 12.4 Å². The van der Waals surface area contributed by atoms with E-state index in [2.05, 4.69) is 4.74 Å². The predicted octanol–water partition coefficient (Wildman–Crippen LogP) is 0.804. The summed E-state index contributed by atoms with van der Waals surface area (Å²) in [5.41, 5.74) is 0. The molecule has 1 unspecified atom stereocenters. The highest BCUT2D eigenvalue weighted by Crippen LogP contribution is 2.15. The number of nitrogens with zero attached hydrogens (tertiary/aromatic N) is 2. The van der Waals surface area contributed by atoms with Gasteiger partial charge in [0.05, 0.1) is 20.3 Å². The van der Waals surface area contributed by atoms with Crippen LogP contribution in [0.5, 0.6) is 0 Å². The van der Waals surface area contributed by atoms with E-state index in [9.17, 15) is 9.59 Å². The lowest BCUT2D eigenvalue weighted by Crippen LogP contribution is -2.53. The molecule has 1 saturated heterocycles. The van der Waals surface area contributed by atoms with Crippen molar-refractivity contribution < 1.29 is 23.9 Å². The molecule has 1 fully saturated rings. The third kappa shape index (κ3) is 2.75. The van der Waals surface area contributed by atoms with Gasteiger partial charge in [0.25, 0.3) is 0 Å². The minimum atomic E-state index is -0.766. The maximum absolute atomic E-state index is 11.6. The van der Waals surface area contributed by atoms with Gasteiger partial charge in [-0.1, -0.05) is 0 Å². The molecular weight excluding hydrogens is 216 g/mol. The first-order chi connectivity index (χ1) is 7.60. The minimum Gasteiger partial charge on any atom is -0.435 e. The summed E-state index contributed by atoms with van der Waals surface area (Å²) >= 11 is 0. The van der Waals surface area contributed by atoms with Gasteiger partial charge < -0.3 is 9.47 Å². The van der Waals surface area contributed by atoms with Crippen molar-refractivity contribution in [3.05, 3.63) is 0 Å². The highest BCUT2D eigenvalue weighted by molar-refractivity contribution is 5.74. The number of rotatable bonds is 3. The van der Waals surface area contributed by atoms with Crippen LogP contribution in [-0.4, -0.2) is 55.7 Å². The highest BCUT2D eigenvalue weighted by Gasteiger charge is 2.33. The summed E-state index contributed by atoms with van der Waals surface area (Å²) in [7, 11) is 2.95. The fraction of sp³-hybridized carbons (Fsp3) is 0.778. The Balaban J connectivity index is 2.51. The van der Waals surface area contributed by atoms with Crippen molar-refractivity contribution in [2.75, 3.05) is 27.3 Å². The summed E-state index contributed by atoms with van der Waals surface area (Å²) in [6.45, 7) is 2.31. The van der Waals surface area contributed by atoms with Crippen LogP contribution < -0.4 is 0 Å². The highest BCUT2D eigenvalue weighted by atomic mass is 16.7. The van der Waals surface area contributed by atoms with Gasteiger partial charge in [0, 0.05) is 13.5 Å². The third-order valence-electron chi connectivity index (χ3n) is 2.24. The van der Waals surface area contributed by atoms with Gasteiger partial charge in [-0.3, -0.25) is 9.74 Å². The number of hydroxylamine groups is 2. The Labute approximate surface area is 93.8 Å². The Kier molecular flexibility index (Phi) is 4.36. The molecule has 16 heavy (non-hydrogen) atoms. The summed E-state index contributed by atoms with van der Waals surface area (Å²) in [4.78, 5) is 28.8. The molecule has 7 nitrogen and oxygen atoms in total. The van der Waals surface area contributed by atoms with Gasteiger partial charge >= 0.3 is 12.2 Å². The fourth-order valence-corrected chi connectivity index (χ4v) is 1.39. The number of hydrogen-bond acceptors (Lipinski definition) is 5. The van der Waals surface area contributed by atoms with Gasteiger partial charge in [0.1, 0.15) is 0 Å². The maximum Gasteiger partial charge on any atom is 0.510 e. The third-order valence-corrected chi connectivity index (χ3v) is 2.24. The summed E-state index contributed by atoms with van der Waals surface area (Å²) in [6, 6.07) is -0.344. The lowest BCUT2D eigenvalue weighted by atomic mass is 10.3. The van der Waals surface area contributed by atoms with Crippen LogP contribution in [0.3, 0.4) is 0 Å². The Bertz CT molecular complexity index is 271. The molecule has 1 heterocycles. The van der Waals surface area contributed by atoms with E-state index in [1.54, 1.807) is 6.92 Å². The van der Waals surface area contributed by atoms with Crippen LogP contribution in [0.4, 0.5) is 9.59 Å². The number of carbonyl (C=O) groups excluding carboxylic acids is 2. The molecule has 1 atom stereocenters. The SMILES string of the molecule is CCOC(=O)OC1CCN(OC)C(=O)N1C. The van der Waals surface area contributed by atoms with E-state index in [-0.39, 0.29) is 12.6 Å². The van der Waals surface area contributed by atoms with Crippen molar-refractivity contribution in [2.45, 2.75) is 19.6 Å². The molecule has 0 aromatic heterocycles. The van der Waals surface area contributed by atoms with E-state index in [1.165, 1.54) is 24.1 Å². The number of hydrogen-bond donors (Lipinski definition) is 0. The summed E-state index contributed by atoms with van der Waals surface area (Å²) in [5, 5.41) is 1.20. The van der Waals surface area contributed by atoms with Crippen molar-refractivity contribution in [2.24, 2.45) is 0 Å². The quantitative estimate of drug-likeness (QED) is 0.673. The van der Waals surface area contributed by atoms with Crippen molar-refractivity contribution in [3.63, 3.8) is 0 Å². The Morgan fingerprint density at radius 2 is 2.25 bits per heavy atom. The Morgan fingerprint density at radius 1 is 1.56 bits per heavy atom. The van der Waals surface area contributed by atoms with Crippen molar-refractivity contribution >= 4 is 12.2 Å². The second kappa shape index (κ2) is 5.55. The fourth-order valence-electron chi connectivity index (χ4n) is 1.39. The largest absolute Gasteiger partial charge is 0.510 e. The number of amides is 2. The zero-order valence-electron chi connectivity index (χ0n) is 9.63. The average Bonchev–Trinajstić information content (AvgIpc) is 2.25. The maximum atomic E-state index is 11.6. The molecule has 2 amide bonds. The van der Waals surface area contributed by atoms with E-state index in [0.29, 0.717) is 13.0 Å². The zero-order chi connectivity index (χ0) is 12.1. The Morgan fingerprint density at radius 3 is 2.81 bits per heavy atom. The molecular formula is C9H16N2O5. The molecule has 0 aliphatic carbocycles. The van der Waals surface area contributed by atoms with Crippen LogP contribution in [0.2, 0.25) is 0 Å². The lowest BCUT2D eigenvalue weighted by molar-refractivity contribution is -0.141. The van der Waals surface area contributed by atoms with Crippen molar-refractivity contribution in [3.8, 4) is 0 Å². The topological polar surface area (TPSA) is 68.3 Å². The molecule has 1 aliphatic heterocycles. The van der Waals surface area contributed by atoms with Crippen LogP contribution in [0.25, 0.3) is 0 Å². The number of ether oxygens (including phenoxy) is 2. The number of carbonyl (C=O) groups is 2. The molecule has 0 N–H and O–H groups in total. The van der Waals surface area contributed by atoms with Crippen LogP contribution in [0.1, 0.15) is 13.3 Å². The summed E-state index contributed by atoms with van der Waals surface area (Å²) < 4.78 is 9.61. The molecule has 0 saturated carbocycles. The standard InChI is InChI=1S/C9H16N2O5/c1-4-15-9(13)16-7-5-6-11(14-3)8(12)10(7)2/h7H,4-6H2,1-3H3. The number of urea groups is 1. The van der Waals surface area contributed by atoms with Gasteiger partial charge in [0.2, 0.25) is 0 Å². The molecule has 92 valence electrons.